The molecule has 5 rings (SSSR count). The summed E-state index contributed by atoms with van der Waals surface area (Å²) >= 11 is 0. The Morgan fingerprint density at radius 3 is 2.59 bits per heavy atom. The Kier molecular flexibility index (Phi) is 4.12. The first-order chi connectivity index (χ1) is 13.2. The van der Waals surface area contributed by atoms with Crippen LogP contribution in [0.4, 0.5) is 5.69 Å². The third kappa shape index (κ3) is 3.10. The Hall–Kier alpha value is -2.40. The van der Waals surface area contributed by atoms with Gasteiger partial charge in [0.15, 0.2) is 0 Å². The molecule has 0 aliphatic carbocycles. The van der Waals surface area contributed by atoms with Gasteiger partial charge in [0.05, 0.1) is 11.6 Å². The molecule has 0 spiro atoms. The summed E-state index contributed by atoms with van der Waals surface area (Å²) in [4.78, 5) is 27.3. The van der Waals surface area contributed by atoms with E-state index in [0.29, 0.717) is 25.0 Å². The monoisotopic (exact) mass is 363 g/mol. The van der Waals surface area contributed by atoms with Crippen molar-refractivity contribution in [2.75, 3.05) is 11.4 Å². The maximum atomic E-state index is 12.8. The molecular weight excluding hydrogens is 338 g/mol. The molecule has 3 saturated heterocycles. The van der Waals surface area contributed by atoms with Gasteiger partial charge in [0, 0.05) is 36.5 Å². The number of amides is 2. The highest BCUT2D eigenvalue weighted by atomic mass is 16.2. The summed E-state index contributed by atoms with van der Waals surface area (Å²) in [6.07, 6.45) is 4.75. The summed E-state index contributed by atoms with van der Waals surface area (Å²) in [5.74, 6) is -0.182. The lowest BCUT2D eigenvalue weighted by atomic mass is 9.98. The summed E-state index contributed by atoms with van der Waals surface area (Å²) in [5.41, 5.74) is 0.910. The maximum absolute atomic E-state index is 12.8. The molecule has 3 atom stereocenters. The van der Waals surface area contributed by atoms with Gasteiger partial charge in [-0.05, 0) is 37.1 Å². The van der Waals surface area contributed by atoms with Gasteiger partial charge in [0.1, 0.15) is 0 Å². The van der Waals surface area contributed by atoms with Crippen molar-refractivity contribution in [3.05, 3.63) is 42.5 Å². The van der Waals surface area contributed by atoms with Gasteiger partial charge in [-0.25, -0.2) is 0 Å². The molecule has 0 radical (unpaired) electrons. The largest absolute Gasteiger partial charge is 0.353 e. The van der Waals surface area contributed by atoms with Crippen LogP contribution in [-0.4, -0.2) is 36.5 Å². The van der Waals surface area contributed by atoms with Crippen LogP contribution in [0.25, 0.3) is 10.8 Å². The number of nitrogens with one attached hydrogen (secondary N) is 2. The lowest BCUT2D eigenvalue weighted by Crippen LogP contribution is -2.49. The Morgan fingerprint density at radius 1 is 1.04 bits per heavy atom. The van der Waals surface area contributed by atoms with Crippen molar-refractivity contribution in [3.8, 4) is 0 Å². The number of benzene rings is 2. The van der Waals surface area contributed by atoms with E-state index >= 15 is 0 Å². The van der Waals surface area contributed by atoms with Gasteiger partial charge in [0.2, 0.25) is 11.8 Å². The number of hydrogen-bond donors (Lipinski definition) is 2. The molecule has 27 heavy (non-hydrogen) atoms. The lowest BCUT2D eigenvalue weighted by molar-refractivity contribution is -0.127. The van der Waals surface area contributed by atoms with Crippen LogP contribution in [0.1, 0.15) is 32.1 Å². The van der Waals surface area contributed by atoms with Crippen molar-refractivity contribution < 1.29 is 9.59 Å². The first kappa shape index (κ1) is 16.8. The van der Waals surface area contributed by atoms with Crippen molar-refractivity contribution in [2.24, 2.45) is 5.92 Å². The third-order valence-corrected chi connectivity index (χ3v) is 6.37. The minimum absolute atomic E-state index is 0.0388. The average molecular weight is 363 g/mol. The zero-order valence-electron chi connectivity index (χ0n) is 15.4. The number of anilines is 1. The molecule has 2 aromatic rings. The molecule has 3 aliphatic rings. The van der Waals surface area contributed by atoms with E-state index in [9.17, 15) is 9.59 Å². The second kappa shape index (κ2) is 6.64. The van der Waals surface area contributed by atoms with Crippen molar-refractivity contribution in [1.29, 1.82) is 0 Å². The molecule has 3 aliphatic heterocycles. The zero-order valence-corrected chi connectivity index (χ0v) is 15.4. The Labute approximate surface area is 159 Å². The molecule has 3 fully saturated rings. The molecule has 0 aromatic heterocycles. The topological polar surface area (TPSA) is 61.4 Å². The van der Waals surface area contributed by atoms with Crippen LogP contribution in [0, 0.1) is 5.92 Å². The van der Waals surface area contributed by atoms with Crippen LogP contribution in [0.3, 0.4) is 0 Å². The minimum Gasteiger partial charge on any atom is -0.353 e. The highest BCUT2D eigenvalue weighted by Crippen LogP contribution is 2.32. The van der Waals surface area contributed by atoms with E-state index in [-0.39, 0.29) is 23.8 Å². The third-order valence-electron chi connectivity index (χ3n) is 6.37. The number of nitrogens with zero attached hydrogens (tertiary/aromatic N) is 1. The fraction of sp³-hybridized carbons (Fsp3) is 0.455. The smallest absolute Gasteiger partial charge is 0.227 e. The van der Waals surface area contributed by atoms with Gasteiger partial charge in [-0.1, -0.05) is 36.4 Å². The van der Waals surface area contributed by atoms with Gasteiger partial charge >= 0.3 is 0 Å². The summed E-state index contributed by atoms with van der Waals surface area (Å²) in [5, 5.41) is 9.01. The van der Waals surface area contributed by atoms with Crippen LogP contribution >= 0.6 is 0 Å². The molecule has 5 nitrogen and oxygen atoms in total. The Morgan fingerprint density at radius 2 is 1.78 bits per heavy atom. The highest BCUT2D eigenvalue weighted by molar-refractivity contribution is 6.07. The summed E-state index contributed by atoms with van der Waals surface area (Å²) in [6, 6.07) is 15.4. The first-order valence-corrected chi connectivity index (χ1v) is 10.0. The summed E-state index contributed by atoms with van der Waals surface area (Å²) in [7, 11) is 0. The number of fused-ring (bicyclic) bond motifs is 3. The SMILES string of the molecule is O=C(NC1CC2CCC(C1)N2)C1CC(=O)N(c2cccc3ccccc23)C1. The van der Waals surface area contributed by atoms with Gasteiger partial charge in [-0.15, -0.1) is 0 Å². The average Bonchev–Trinajstić information content (AvgIpc) is 3.23. The van der Waals surface area contributed by atoms with Crippen molar-refractivity contribution in [3.63, 3.8) is 0 Å². The molecule has 2 N–H and O–H groups in total. The van der Waals surface area contributed by atoms with E-state index in [1.165, 1.54) is 12.8 Å². The molecule has 2 bridgehead atoms. The second-order valence-electron chi connectivity index (χ2n) is 8.22. The summed E-state index contributed by atoms with van der Waals surface area (Å²) < 4.78 is 0. The molecule has 3 unspecified atom stereocenters. The van der Waals surface area contributed by atoms with Crippen LogP contribution in [0.15, 0.2) is 42.5 Å². The first-order valence-electron chi connectivity index (χ1n) is 10.0. The molecule has 2 aromatic carbocycles. The number of rotatable bonds is 3. The molecule has 0 saturated carbocycles. The number of carbonyl (C=O) groups excluding carboxylic acids is 2. The van der Waals surface area contributed by atoms with Crippen molar-refractivity contribution in [1.82, 2.24) is 10.6 Å². The lowest BCUT2D eigenvalue weighted by Gasteiger charge is -2.30. The van der Waals surface area contributed by atoms with E-state index in [1.807, 2.05) is 30.3 Å². The molecule has 140 valence electrons. The molecule has 3 heterocycles. The molecular formula is C22H25N3O2. The fourth-order valence-electron chi connectivity index (χ4n) is 5.05. The van der Waals surface area contributed by atoms with Crippen LogP contribution in [-0.2, 0) is 9.59 Å². The second-order valence-corrected chi connectivity index (χ2v) is 8.22. The van der Waals surface area contributed by atoms with E-state index in [4.69, 9.17) is 0 Å². The number of piperidine rings is 1. The predicted octanol–water partition coefficient (Wildman–Crippen LogP) is 2.59. The highest BCUT2D eigenvalue weighted by Gasteiger charge is 2.38. The number of hydrogen-bond acceptors (Lipinski definition) is 3. The van der Waals surface area contributed by atoms with Gasteiger partial charge in [0.25, 0.3) is 0 Å². The Bertz CT molecular complexity index is 879. The standard InChI is InChI=1S/C22H25N3O2/c26-21-10-15(22(27)24-18-11-16-8-9-17(12-18)23-16)13-25(21)20-7-3-5-14-4-1-2-6-19(14)20/h1-7,15-18,23H,8-13H2,(H,24,27). The normalized spacial score (nSPS) is 30.1. The van der Waals surface area contributed by atoms with Gasteiger partial charge < -0.3 is 15.5 Å². The van der Waals surface area contributed by atoms with Crippen molar-refractivity contribution >= 4 is 28.3 Å². The fourth-order valence-corrected chi connectivity index (χ4v) is 5.05. The summed E-state index contributed by atoms with van der Waals surface area (Å²) in [6.45, 7) is 0.469. The van der Waals surface area contributed by atoms with E-state index in [2.05, 4.69) is 22.8 Å². The molecule has 5 heteroatoms. The Balaban J connectivity index is 1.30. The van der Waals surface area contributed by atoms with Crippen LogP contribution in [0.2, 0.25) is 0 Å². The van der Waals surface area contributed by atoms with Crippen LogP contribution < -0.4 is 15.5 Å². The minimum atomic E-state index is -0.260. The van der Waals surface area contributed by atoms with Crippen molar-refractivity contribution in [2.45, 2.75) is 50.2 Å². The van der Waals surface area contributed by atoms with E-state index < -0.39 is 0 Å². The van der Waals surface area contributed by atoms with Crippen LogP contribution in [0.5, 0.6) is 0 Å². The maximum Gasteiger partial charge on any atom is 0.227 e. The molecule has 2 amide bonds. The predicted molar refractivity (Wildman–Crippen MR) is 106 cm³/mol. The van der Waals surface area contributed by atoms with E-state index in [0.717, 1.165) is 29.3 Å². The van der Waals surface area contributed by atoms with E-state index in [1.54, 1.807) is 4.90 Å². The number of carbonyl (C=O) groups is 2. The zero-order chi connectivity index (χ0) is 18.4. The van der Waals surface area contributed by atoms with Gasteiger partial charge in [-0.3, -0.25) is 9.59 Å². The van der Waals surface area contributed by atoms with Gasteiger partial charge in [-0.2, -0.15) is 0 Å². The quantitative estimate of drug-likeness (QED) is 0.881.